The molecule has 0 spiro atoms. The van der Waals surface area contributed by atoms with Crippen LogP contribution in [0.2, 0.25) is 0 Å². The van der Waals surface area contributed by atoms with Crippen LogP contribution < -0.4 is 0 Å². The van der Waals surface area contributed by atoms with Crippen molar-refractivity contribution in [1.29, 1.82) is 0 Å². The van der Waals surface area contributed by atoms with E-state index < -0.39 is 19.0 Å². The monoisotopic (exact) mass is 277 g/mol. The van der Waals surface area contributed by atoms with E-state index in [-0.39, 0.29) is 12.5 Å². The summed E-state index contributed by atoms with van der Waals surface area (Å²) in [7, 11) is 0. The molecule has 2 nitrogen and oxygen atoms in total. The minimum atomic E-state index is -4.12. The normalized spacial score (nSPS) is 12.4. The van der Waals surface area contributed by atoms with Crippen molar-refractivity contribution in [3.8, 4) is 0 Å². The number of aromatic nitrogens is 1. The van der Waals surface area contributed by atoms with Gasteiger partial charge in [-0.3, -0.25) is 0 Å². The van der Waals surface area contributed by atoms with Gasteiger partial charge < -0.3 is 4.74 Å². The smallest absolute Gasteiger partial charge is 0.330 e. The van der Waals surface area contributed by atoms with Crippen LogP contribution in [0, 0.1) is 0 Å². The van der Waals surface area contributed by atoms with Gasteiger partial charge in [-0.15, -0.1) is 22.9 Å². The lowest BCUT2D eigenvalue weighted by Crippen LogP contribution is -2.32. The van der Waals surface area contributed by atoms with E-state index in [1.807, 2.05) is 0 Å². The zero-order valence-electron chi connectivity index (χ0n) is 7.93. The van der Waals surface area contributed by atoms with Crippen LogP contribution in [0.5, 0.6) is 0 Å². The van der Waals surface area contributed by atoms with Gasteiger partial charge in [0.1, 0.15) is 11.6 Å². The van der Waals surface area contributed by atoms with Crippen molar-refractivity contribution in [2.45, 2.75) is 24.8 Å². The number of thiazole rings is 1. The SMILES string of the molecule is FC(F)C(F)(F)COCc1nc(CCl)cs1. The largest absolute Gasteiger partial charge is 0.368 e. The summed E-state index contributed by atoms with van der Waals surface area (Å²) in [5.41, 5.74) is 0.603. The number of halogens is 5. The van der Waals surface area contributed by atoms with E-state index in [9.17, 15) is 17.6 Å². The zero-order chi connectivity index (χ0) is 12.2. The highest BCUT2D eigenvalue weighted by atomic mass is 35.5. The Labute approximate surface area is 98.2 Å². The van der Waals surface area contributed by atoms with E-state index in [1.54, 1.807) is 5.38 Å². The van der Waals surface area contributed by atoms with Crippen LogP contribution in [0.3, 0.4) is 0 Å². The minimum absolute atomic E-state index is 0.212. The van der Waals surface area contributed by atoms with Crippen LogP contribution in [-0.4, -0.2) is 23.9 Å². The molecule has 1 aromatic rings. The first kappa shape index (κ1) is 13.7. The summed E-state index contributed by atoms with van der Waals surface area (Å²) in [5, 5.41) is 2.08. The maximum Gasteiger partial charge on any atom is 0.330 e. The number of alkyl halides is 5. The number of nitrogens with zero attached hydrogens (tertiary/aromatic N) is 1. The van der Waals surface area contributed by atoms with E-state index in [4.69, 9.17) is 11.6 Å². The van der Waals surface area contributed by atoms with Gasteiger partial charge in [0.2, 0.25) is 0 Å². The lowest BCUT2D eigenvalue weighted by Gasteiger charge is -2.14. The van der Waals surface area contributed by atoms with Crippen LogP contribution >= 0.6 is 22.9 Å². The Hall–Kier alpha value is -0.400. The molecule has 0 saturated heterocycles. The Kier molecular flexibility index (Phi) is 4.94. The average Bonchev–Trinajstić information content (AvgIpc) is 2.65. The maximum absolute atomic E-state index is 12.4. The van der Waals surface area contributed by atoms with Crippen LogP contribution in [0.1, 0.15) is 10.7 Å². The summed E-state index contributed by atoms with van der Waals surface area (Å²) in [5.74, 6) is -3.91. The molecule has 0 aliphatic carbocycles. The van der Waals surface area contributed by atoms with E-state index >= 15 is 0 Å². The topological polar surface area (TPSA) is 22.1 Å². The van der Waals surface area contributed by atoms with Crippen molar-refractivity contribution >= 4 is 22.9 Å². The third kappa shape index (κ3) is 3.88. The molecule has 0 fully saturated rings. The van der Waals surface area contributed by atoms with Crippen molar-refractivity contribution in [3.05, 3.63) is 16.1 Å². The molecular formula is C8H8ClF4NOS. The number of rotatable bonds is 6. The van der Waals surface area contributed by atoms with Crippen LogP contribution in [0.4, 0.5) is 17.6 Å². The van der Waals surface area contributed by atoms with Gasteiger partial charge in [-0.1, -0.05) is 0 Å². The second-order valence-corrected chi connectivity index (χ2v) is 4.13. The summed E-state index contributed by atoms with van der Waals surface area (Å²) >= 11 is 6.65. The van der Waals surface area contributed by atoms with E-state index in [1.165, 1.54) is 11.3 Å². The first-order valence-electron chi connectivity index (χ1n) is 4.18. The standard InChI is InChI=1S/C8H8ClF4NOS/c9-1-5-3-16-6(14-5)2-15-4-8(12,13)7(10)11/h3,7H,1-2,4H2. The fourth-order valence-electron chi connectivity index (χ4n) is 0.814. The Morgan fingerprint density at radius 1 is 1.50 bits per heavy atom. The molecule has 0 amide bonds. The summed E-state index contributed by atoms with van der Waals surface area (Å²) in [6, 6.07) is 0. The van der Waals surface area contributed by atoms with Crippen molar-refractivity contribution in [2.24, 2.45) is 0 Å². The minimum Gasteiger partial charge on any atom is -0.368 e. The van der Waals surface area contributed by atoms with Crippen molar-refractivity contribution < 1.29 is 22.3 Å². The number of hydrogen-bond donors (Lipinski definition) is 0. The summed E-state index contributed by atoms with van der Waals surface area (Å²) in [6.45, 7) is -1.54. The first-order chi connectivity index (χ1) is 7.45. The predicted molar refractivity (Wildman–Crippen MR) is 52.3 cm³/mol. The van der Waals surface area contributed by atoms with Gasteiger partial charge in [0.05, 0.1) is 18.2 Å². The van der Waals surface area contributed by atoms with Crippen LogP contribution in [0.25, 0.3) is 0 Å². The molecule has 8 heteroatoms. The summed E-state index contributed by atoms with van der Waals surface area (Å²) in [6.07, 6.45) is -3.72. The van der Waals surface area contributed by atoms with Gasteiger partial charge in [0.25, 0.3) is 0 Å². The van der Waals surface area contributed by atoms with Crippen LogP contribution in [0.15, 0.2) is 5.38 Å². The fraction of sp³-hybridized carbons (Fsp3) is 0.625. The van der Waals surface area contributed by atoms with E-state index in [0.717, 1.165) is 0 Å². The number of hydrogen-bond acceptors (Lipinski definition) is 3. The molecule has 1 rings (SSSR count). The average molecular weight is 278 g/mol. The Bertz CT molecular complexity index is 334. The van der Waals surface area contributed by atoms with Gasteiger partial charge >= 0.3 is 12.3 Å². The Balaban J connectivity index is 2.35. The summed E-state index contributed by atoms with van der Waals surface area (Å²) < 4.78 is 52.8. The third-order valence-electron chi connectivity index (χ3n) is 1.58. The molecule has 16 heavy (non-hydrogen) atoms. The lowest BCUT2D eigenvalue weighted by atomic mass is 10.4. The Morgan fingerprint density at radius 2 is 2.19 bits per heavy atom. The molecule has 0 radical (unpaired) electrons. The van der Waals surface area contributed by atoms with E-state index in [0.29, 0.717) is 10.7 Å². The number of ether oxygens (including phenoxy) is 1. The molecule has 0 aromatic carbocycles. The molecule has 0 bridgehead atoms. The maximum atomic E-state index is 12.4. The molecule has 0 atom stereocenters. The fourth-order valence-corrected chi connectivity index (χ4v) is 1.77. The predicted octanol–water partition coefficient (Wildman–Crippen LogP) is 3.30. The second kappa shape index (κ2) is 5.79. The third-order valence-corrected chi connectivity index (χ3v) is 2.72. The molecule has 0 saturated carbocycles. The summed E-state index contributed by atoms with van der Waals surface area (Å²) in [4.78, 5) is 3.92. The molecule has 92 valence electrons. The van der Waals surface area contributed by atoms with Crippen LogP contribution in [-0.2, 0) is 17.2 Å². The first-order valence-corrected chi connectivity index (χ1v) is 5.60. The van der Waals surface area contributed by atoms with Gasteiger partial charge in [-0.25, -0.2) is 13.8 Å². The molecule has 0 aliphatic heterocycles. The molecule has 1 aromatic heterocycles. The molecule has 0 N–H and O–H groups in total. The van der Waals surface area contributed by atoms with Gasteiger partial charge in [-0.05, 0) is 0 Å². The molecular weight excluding hydrogens is 270 g/mol. The van der Waals surface area contributed by atoms with Crippen molar-refractivity contribution in [2.75, 3.05) is 6.61 Å². The zero-order valence-corrected chi connectivity index (χ0v) is 9.50. The lowest BCUT2D eigenvalue weighted by molar-refractivity contribution is -0.168. The quantitative estimate of drug-likeness (QED) is 0.588. The Morgan fingerprint density at radius 3 is 2.69 bits per heavy atom. The van der Waals surface area contributed by atoms with Gasteiger partial charge in [0, 0.05) is 5.38 Å². The highest BCUT2D eigenvalue weighted by Crippen LogP contribution is 2.23. The highest BCUT2D eigenvalue weighted by Gasteiger charge is 2.40. The van der Waals surface area contributed by atoms with Crippen molar-refractivity contribution in [3.63, 3.8) is 0 Å². The highest BCUT2D eigenvalue weighted by molar-refractivity contribution is 7.09. The van der Waals surface area contributed by atoms with Gasteiger partial charge in [-0.2, -0.15) is 8.78 Å². The molecule has 0 aliphatic rings. The van der Waals surface area contributed by atoms with Gasteiger partial charge in [0.15, 0.2) is 0 Å². The molecule has 0 unspecified atom stereocenters. The second-order valence-electron chi connectivity index (χ2n) is 2.92. The van der Waals surface area contributed by atoms with Crippen molar-refractivity contribution in [1.82, 2.24) is 4.98 Å². The van der Waals surface area contributed by atoms with E-state index in [2.05, 4.69) is 9.72 Å². The molecule has 1 heterocycles.